The molecule has 3 heterocycles. The Morgan fingerprint density at radius 1 is 1.18 bits per heavy atom. The summed E-state index contributed by atoms with van der Waals surface area (Å²) in [6, 6.07) is 13.1. The van der Waals surface area contributed by atoms with E-state index in [1.165, 1.54) is 11.8 Å². The number of amides is 2. The van der Waals surface area contributed by atoms with E-state index in [9.17, 15) is 9.59 Å². The van der Waals surface area contributed by atoms with Crippen LogP contribution in [0, 0.1) is 0 Å². The summed E-state index contributed by atoms with van der Waals surface area (Å²) in [5.74, 6) is 0.606. The maximum atomic E-state index is 12.0. The van der Waals surface area contributed by atoms with Gasteiger partial charge in [-0.1, -0.05) is 41.6 Å². The Morgan fingerprint density at radius 2 is 1.93 bits per heavy atom. The molecule has 1 atom stereocenters. The minimum atomic E-state index is -0.414. The lowest BCUT2D eigenvalue weighted by atomic mass is 9.91. The second-order valence-corrected chi connectivity index (χ2v) is 11.9. The second-order valence-electron chi connectivity index (χ2n) is 10.5. The number of aromatic nitrogens is 2. The number of nitrogen functional groups attached to an aromatic ring is 1. The van der Waals surface area contributed by atoms with Crippen LogP contribution < -0.4 is 32.3 Å². The molecule has 2 aliphatic heterocycles. The molecular weight excluding hydrogens is 548 g/mol. The molecule has 2 amide bonds. The van der Waals surface area contributed by atoms with Gasteiger partial charge in [0.05, 0.1) is 16.9 Å². The van der Waals surface area contributed by atoms with E-state index < -0.39 is 6.04 Å². The van der Waals surface area contributed by atoms with E-state index in [1.807, 2.05) is 42.5 Å². The molecule has 2 fully saturated rings. The third-order valence-corrected chi connectivity index (χ3v) is 8.76. The van der Waals surface area contributed by atoms with Crippen molar-refractivity contribution in [2.45, 2.75) is 60.7 Å². The van der Waals surface area contributed by atoms with Gasteiger partial charge in [-0.15, -0.1) is 0 Å². The first-order valence-electron chi connectivity index (χ1n) is 13.2. The van der Waals surface area contributed by atoms with Gasteiger partial charge in [-0.3, -0.25) is 14.9 Å². The highest BCUT2D eigenvalue weighted by atomic mass is 35.5. The van der Waals surface area contributed by atoms with Crippen LogP contribution in [0.5, 0.6) is 0 Å². The van der Waals surface area contributed by atoms with Crippen LogP contribution >= 0.6 is 23.4 Å². The van der Waals surface area contributed by atoms with Gasteiger partial charge in [-0.2, -0.15) is 0 Å². The van der Waals surface area contributed by atoms with Gasteiger partial charge in [0.1, 0.15) is 16.9 Å². The van der Waals surface area contributed by atoms with Gasteiger partial charge in [0.15, 0.2) is 5.82 Å². The quantitative estimate of drug-likeness (QED) is 0.247. The van der Waals surface area contributed by atoms with E-state index in [2.05, 4.69) is 37.7 Å². The minimum Gasteiger partial charge on any atom is -0.381 e. The van der Waals surface area contributed by atoms with Gasteiger partial charge in [-0.05, 0) is 56.0 Å². The molecular formula is C28H33ClN8O2S. The molecule has 1 aromatic heterocycles. The number of halogens is 1. The van der Waals surface area contributed by atoms with Crippen molar-refractivity contribution in [3.63, 3.8) is 0 Å². The van der Waals surface area contributed by atoms with Crippen LogP contribution in [-0.2, 0) is 16.1 Å². The van der Waals surface area contributed by atoms with Gasteiger partial charge in [0.2, 0.25) is 11.8 Å². The maximum Gasteiger partial charge on any atom is 0.249 e. The Balaban J connectivity index is 1.18. The first kappa shape index (κ1) is 28.0. The number of rotatable bonds is 8. The molecule has 2 aromatic carbocycles. The van der Waals surface area contributed by atoms with E-state index in [0.29, 0.717) is 35.3 Å². The van der Waals surface area contributed by atoms with Crippen molar-refractivity contribution in [3.8, 4) is 0 Å². The molecule has 2 saturated heterocycles. The molecule has 0 radical (unpaired) electrons. The molecule has 12 heteroatoms. The van der Waals surface area contributed by atoms with Gasteiger partial charge in [0, 0.05) is 42.2 Å². The lowest BCUT2D eigenvalue weighted by Crippen LogP contribution is -2.48. The van der Waals surface area contributed by atoms with Gasteiger partial charge < -0.3 is 27.0 Å². The molecule has 0 aliphatic carbocycles. The summed E-state index contributed by atoms with van der Waals surface area (Å²) in [5, 5.41) is 10.1. The normalized spacial score (nSPS) is 18.8. The minimum absolute atomic E-state index is 0.139. The van der Waals surface area contributed by atoms with Crippen LogP contribution in [0.25, 0.3) is 0 Å². The van der Waals surface area contributed by atoms with E-state index >= 15 is 0 Å². The summed E-state index contributed by atoms with van der Waals surface area (Å²) >= 11 is 8.13. The first-order valence-corrected chi connectivity index (χ1v) is 14.4. The predicted octanol–water partition coefficient (Wildman–Crippen LogP) is 4.01. The van der Waals surface area contributed by atoms with E-state index in [-0.39, 0.29) is 17.4 Å². The number of carbonyl (C=O) groups is 2. The Bertz CT molecular complexity index is 1390. The van der Waals surface area contributed by atoms with E-state index in [0.717, 1.165) is 53.6 Å². The molecule has 0 bridgehead atoms. The van der Waals surface area contributed by atoms with Crippen molar-refractivity contribution in [2.75, 3.05) is 34.4 Å². The Morgan fingerprint density at radius 3 is 2.62 bits per heavy atom. The van der Waals surface area contributed by atoms with Gasteiger partial charge >= 0.3 is 0 Å². The Hall–Kier alpha value is -3.54. The fourth-order valence-electron chi connectivity index (χ4n) is 4.64. The van der Waals surface area contributed by atoms with E-state index in [4.69, 9.17) is 23.1 Å². The molecule has 7 N–H and O–H groups in total. The molecule has 210 valence electrons. The number of hydrogen-bond acceptors (Lipinski definition) is 10. The van der Waals surface area contributed by atoms with E-state index in [1.54, 1.807) is 6.20 Å². The molecule has 0 spiro atoms. The topological polar surface area (TPSA) is 151 Å². The van der Waals surface area contributed by atoms with Crippen molar-refractivity contribution in [2.24, 2.45) is 5.73 Å². The van der Waals surface area contributed by atoms with Crippen molar-refractivity contribution in [3.05, 3.63) is 59.2 Å². The highest BCUT2D eigenvalue weighted by Crippen LogP contribution is 2.39. The summed E-state index contributed by atoms with van der Waals surface area (Å²) in [6.45, 7) is 4.29. The highest BCUT2D eigenvalue weighted by molar-refractivity contribution is 7.99. The number of nitrogens with one attached hydrogen (secondary N) is 3. The first-order chi connectivity index (χ1) is 19.2. The average molecular weight is 581 g/mol. The number of piperidine rings is 2. The Labute approximate surface area is 242 Å². The Kier molecular flexibility index (Phi) is 8.34. The van der Waals surface area contributed by atoms with Gasteiger partial charge in [-0.25, -0.2) is 9.97 Å². The molecule has 5 rings (SSSR count). The molecule has 1 unspecified atom stereocenters. The molecule has 3 aromatic rings. The average Bonchev–Trinajstić information content (AvgIpc) is 2.92. The SMILES string of the molecule is CC1(N)CCN(c2cnc(Sc3cccc(NCc4ccc(NC5CCC(=O)NC5=O)cc4)c3Cl)c(N)n2)CC1. The number of nitrogens with zero attached hydrogens (tertiary/aromatic N) is 3. The highest BCUT2D eigenvalue weighted by Gasteiger charge is 2.27. The summed E-state index contributed by atoms with van der Waals surface area (Å²) in [4.78, 5) is 35.5. The fraction of sp³-hybridized carbons (Fsp3) is 0.357. The second kappa shape index (κ2) is 11.9. The molecule has 2 aliphatic rings. The fourth-order valence-corrected chi connectivity index (χ4v) is 5.76. The molecule has 10 nitrogen and oxygen atoms in total. The maximum absolute atomic E-state index is 12.0. The predicted molar refractivity (Wildman–Crippen MR) is 160 cm³/mol. The summed E-state index contributed by atoms with van der Waals surface area (Å²) in [7, 11) is 0. The van der Waals surface area contributed by atoms with Crippen LogP contribution in [-0.4, -0.2) is 46.5 Å². The number of imide groups is 1. The zero-order chi connectivity index (χ0) is 28.3. The monoisotopic (exact) mass is 580 g/mol. The summed E-state index contributed by atoms with van der Waals surface area (Å²) < 4.78 is 0. The van der Waals surface area contributed by atoms with Crippen molar-refractivity contribution in [1.82, 2.24) is 15.3 Å². The summed E-state index contributed by atoms with van der Waals surface area (Å²) in [5.41, 5.74) is 15.1. The third kappa shape index (κ3) is 6.78. The van der Waals surface area contributed by atoms with Crippen LogP contribution in [0.1, 0.15) is 38.2 Å². The number of hydrogen-bond donors (Lipinski definition) is 5. The number of nitrogens with two attached hydrogens (primary N) is 2. The molecule has 40 heavy (non-hydrogen) atoms. The van der Waals surface area contributed by atoms with Crippen LogP contribution in [0.2, 0.25) is 5.02 Å². The largest absolute Gasteiger partial charge is 0.381 e. The third-order valence-electron chi connectivity index (χ3n) is 7.17. The lowest BCUT2D eigenvalue weighted by Gasteiger charge is -2.37. The lowest BCUT2D eigenvalue weighted by molar-refractivity contribution is -0.133. The van der Waals surface area contributed by atoms with Crippen LogP contribution in [0.4, 0.5) is 23.0 Å². The van der Waals surface area contributed by atoms with Crippen LogP contribution in [0.3, 0.4) is 0 Å². The number of anilines is 4. The summed E-state index contributed by atoms with van der Waals surface area (Å²) in [6.07, 6.45) is 4.36. The number of benzene rings is 2. The standard InChI is InChI=1S/C28H33ClN8O2S/c1-28(31)11-13-37(14-12-28)22-16-33-27(25(30)35-22)40-21-4-2-3-19(24(21)29)32-15-17-5-7-18(8-6-17)34-20-9-10-23(38)36-26(20)39/h2-8,16,20,32,34H,9-15,31H2,1H3,(H2,30,35)(H,36,38,39). The van der Waals surface area contributed by atoms with Gasteiger partial charge in [0.25, 0.3) is 0 Å². The van der Waals surface area contributed by atoms with Crippen molar-refractivity contribution >= 4 is 58.2 Å². The number of carbonyl (C=O) groups excluding carboxylic acids is 2. The zero-order valence-electron chi connectivity index (χ0n) is 22.2. The van der Waals surface area contributed by atoms with Crippen molar-refractivity contribution in [1.29, 1.82) is 0 Å². The zero-order valence-corrected chi connectivity index (χ0v) is 23.8. The van der Waals surface area contributed by atoms with Crippen molar-refractivity contribution < 1.29 is 9.59 Å². The van der Waals surface area contributed by atoms with Crippen LogP contribution in [0.15, 0.2) is 58.6 Å². The smallest absolute Gasteiger partial charge is 0.249 e. The molecule has 0 saturated carbocycles.